The molecule has 0 saturated carbocycles. The first-order chi connectivity index (χ1) is 14.3. The molecule has 2 aromatic heterocycles. The normalized spacial score (nSPS) is 17.9. The molecule has 1 fully saturated rings. The van der Waals surface area contributed by atoms with Gasteiger partial charge in [0.2, 0.25) is 0 Å². The number of carbonyl (C=O) groups excluding carboxylic acids is 1. The van der Waals surface area contributed by atoms with Crippen molar-refractivity contribution >= 4 is 45.5 Å². The molecule has 2 N–H and O–H groups in total. The summed E-state index contributed by atoms with van der Waals surface area (Å²) in [4.78, 5) is 26.3. The highest BCUT2D eigenvalue weighted by atomic mass is 127. The highest BCUT2D eigenvalue weighted by Crippen LogP contribution is 2.25. The van der Waals surface area contributed by atoms with Gasteiger partial charge in [-0.15, -0.1) is 0 Å². The number of nitrogens with one attached hydrogen (secondary N) is 2. The Morgan fingerprint density at radius 2 is 2.27 bits per heavy atom. The van der Waals surface area contributed by atoms with Gasteiger partial charge < -0.3 is 14.8 Å². The van der Waals surface area contributed by atoms with Crippen molar-refractivity contribution in [3.05, 3.63) is 52.0 Å². The summed E-state index contributed by atoms with van der Waals surface area (Å²) in [5.74, 6) is -1.48. The van der Waals surface area contributed by atoms with Crippen LogP contribution in [0.1, 0.15) is 24.3 Å². The topological polar surface area (TPSA) is 99.0 Å². The third-order valence-electron chi connectivity index (χ3n) is 4.36. The van der Waals surface area contributed by atoms with Crippen LogP contribution in [0.15, 0.2) is 36.9 Å². The fraction of sp³-hybridized carbons (Fsp3) is 0.316. The van der Waals surface area contributed by atoms with Gasteiger partial charge in [-0.3, -0.25) is 14.0 Å². The van der Waals surface area contributed by atoms with Crippen LogP contribution >= 0.6 is 22.6 Å². The summed E-state index contributed by atoms with van der Waals surface area (Å²) in [6, 6.07) is 4.73. The van der Waals surface area contributed by atoms with Gasteiger partial charge in [-0.25, -0.2) is 19.8 Å². The largest absolute Gasteiger partial charge is 0.348 e. The maximum atomic E-state index is 14.4. The van der Waals surface area contributed by atoms with E-state index in [2.05, 4.69) is 20.8 Å². The maximum Gasteiger partial charge on any atom is 0.297 e. The monoisotopic (exact) mass is 527 g/mol. The van der Waals surface area contributed by atoms with Gasteiger partial charge in [0.1, 0.15) is 30.7 Å². The molecule has 1 atom stereocenters. The zero-order chi connectivity index (χ0) is 21.3. The molecular formula is C19H19FIN5O4. The van der Waals surface area contributed by atoms with Crippen LogP contribution in [0.2, 0.25) is 0 Å². The van der Waals surface area contributed by atoms with E-state index in [1.54, 1.807) is 36.6 Å². The molecule has 1 unspecified atom stereocenters. The molecule has 4 rings (SSSR count). The summed E-state index contributed by atoms with van der Waals surface area (Å²) in [5.41, 5.74) is 3.21. The number of carbonyl (C=O) groups is 1. The molecule has 1 aromatic carbocycles. The minimum Gasteiger partial charge on any atom is -0.348 e. The predicted octanol–water partition coefficient (Wildman–Crippen LogP) is 3.03. The first kappa shape index (κ1) is 20.9. The lowest BCUT2D eigenvalue weighted by Crippen LogP contribution is -2.31. The highest BCUT2D eigenvalue weighted by molar-refractivity contribution is 14.1. The molecule has 30 heavy (non-hydrogen) atoms. The van der Waals surface area contributed by atoms with E-state index in [1.807, 2.05) is 22.6 Å². The van der Waals surface area contributed by atoms with Crippen molar-refractivity contribution in [2.24, 2.45) is 0 Å². The molecule has 1 saturated heterocycles. The van der Waals surface area contributed by atoms with E-state index >= 15 is 0 Å². The Morgan fingerprint density at radius 1 is 1.43 bits per heavy atom. The highest BCUT2D eigenvalue weighted by Gasteiger charge is 2.33. The third kappa shape index (κ3) is 4.53. The summed E-state index contributed by atoms with van der Waals surface area (Å²) in [5, 5.41) is 2.94. The third-order valence-corrected chi connectivity index (χ3v) is 5.03. The number of fused-ring (bicyclic) bond motifs is 1. The van der Waals surface area contributed by atoms with Gasteiger partial charge >= 0.3 is 0 Å². The zero-order valence-electron chi connectivity index (χ0n) is 16.2. The molecule has 1 aliphatic heterocycles. The van der Waals surface area contributed by atoms with Crippen LogP contribution < -0.4 is 10.8 Å². The van der Waals surface area contributed by atoms with Crippen LogP contribution in [0.25, 0.3) is 5.52 Å². The molecule has 11 heteroatoms. The van der Waals surface area contributed by atoms with Crippen LogP contribution in [0.4, 0.5) is 15.9 Å². The first-order valence-electron chi connectivity index (χ1n) is 9.09. The fourth-order valence-corrected chi connectivity index (χ4v) is 3.44. The van der Waals surface area contributed by atoms with E-state index in [9.17, 15) is 9.18 Å². The molecule has 0 bridgehead atoms. The van der Waals surface area contributed by atoms with Crippen molar-refractivity contribution in [1.82, 2.24) is 19.8 Å². The van der Waals surface area contributed by atoms with Crippen LogP contribution in [-0.2, 0) is 14.3 Å². The quantitative estimate of drug-likeness (QED) is 0.376. The Kier molecular flexibility index (Phi) is 5.86. The van der Waals surface area contributed by atoms with E-state index in [0.717, 1.165) is 3.57 Å². The molecule has 0 spiro atoms. The smallest absolute Gasteiger partial charge is 0.297 e. The number of halogens is 2. The Bertz CT molecular complexity index is 1090. The Hall–Kier alpha value is -2.35. The molecule has 0 aliphatic carbocycles. The van der Waals surface area contributed by atoms with Crippen molar-refractivity contribution in [2.75, 3.05) is 18.5 Å². The van der Waals surface area contributed by atoms with Gasteiger partial charge in [-0.1, -0.05) is 0 Å². The Labute approximate surface area is 185 Å². The van der Waals surface area contributed by atoms with Gasteiger partial charge in [0.05, 0.1) is 30.2 Å². The number of aromatic nitrogens is 3. The standard InChI is InChI=1S/C19H19FIN5O4/c1-19(2)28-8-13(30-19)9-29-25-18(27)16-17(26-10-22-6-12(26)7-23-16)24-15-4-3-11(21)5-14(15)20/h3-7,10,13,24H,8-9H2,1-2H3,(H,25,27). The minimum absolute atomic E-state index is 0.0161. The van der Waals surface area contributed by atoms with Gasteiger partial charge in [0, 0.05) is 3.57 Å². The fourth-order valence-electron chi connectivity index (χ4n) is 2.99. The number of benzene rings is 1. The van der Waals surface area contributed by atoms with E-state index in [4.69, 9.17) is 14.3 Å². The van der Waals surface area contributed by atoms with Crippen LogP contribution in [0.5, 0.6) is 0 Å². The second kappa shape index (κ2) is 8.41. The predicted molar refractivity (Wildman–Crippen MR) is 114 cm³/mol. The minimum atomic E-state index is -0.680. The molecule has 9 nitrogen and oxygen atoms in total. The molecule has 3 heterocycles. The number of hydrogen-bond acceptors (Lipinski definition) is 7. The number of ether oxygens (including phenoxy) is 2. The lowest BCUT2D eigenvalue weighted by atomic mass is 10.3. The molecular weight excluding hydrogens is 508 g/mol. The van der Waals surface area contributed by atoms with Crippen LogP contribution in [0.3, 0.4) is 0 Å². The Balaban J connectivity index is 1.53. The number of nitrogens with zero attached hydrogens (tertiary/aromatic N) is 3. The average molecular weight is 527 g/mol. The van der Waals surface area contributed by atoms with Gasteiger partial charge in [-0.05, 0) is 54.6 Å². The van der Waals surface area contributed by atoms with Crippen molar-refractivity contribution < 1.29 is 23.5 Å². The van der Waals surface area contributed by atoms with Gasteiger partial charge in [-0.2, -0.15) is 0 Å². The first-order valence-corrected chi connectivity index (χ1v) is 10.2. The second-order valence-electron chi connectivity index (χ2n) is 7.09. The summed E-state index contributed by atoms with van der Waals surface area (Å²) >= 11 is 2.02. The number of imidazole rings is 1. The molecule has 3 aromatic rings. The maximum absolute atomic E-state index is 14.4. The van der Waals surface area contributed by atoms with E-state index < -0.39 is 17.5 Å². The van der Waals surface area contributed by atoms with Crippen LogP contribution in [0, 0.1) is 9.39 Å². The summed E-state index contributed by atoms with van der Waals surface area (Å²) in [7, 11) is 0. The van der Waals surface area contributed by atoms with Crippen molar-refractivity contribution in [3.8, 4) is 0 Å². The Morgan fingerprint density at radius 3 is 3.00 bits per heavy atom. The van der Waals surface area contributed by atoms with Gasteiger partial charge in [0.25, 0.3) is 5.91 Å². The van der Waals surface area contributed by atoms with Crippen molar-refractivity contribution in [2.45, 2.75) is 25.7 Å². The second-order valence-corrected chi connectivity index (χ2v) is 8.33. The average Bonchev–Trinajstić information content (AvgIpc) is 3.30. The summed E-state index contributed by atoms with van der Waals surface area (Å²) in [6.45, 7) is 4.08. The van der Waals surface area contributed by atoms with Crippen molar-refractivity contribution in [1.29, 1.82) is 0 Å². The van der Waals surface area contributed by atoms with Crippen molar-refractivity contribution in [3.63, 3.8) is 0 Å². The number of hydroxylamine groups is 1. The SMILES string of the molecule is CC1(C)OCC(CONC(=O)c2ncc3cncn3c2Nc2ccc(I)cc2F)O1. The number of amides is 1. The molecule has 0 radical (unpaired) electrons. The lowest BCUT2D eigenvalue weighted by Gasteiger charge is -2.17. The molecule has 1 amide bonds. The number of rotatable bonds is 6. The number of anilines is 2. The molecule has 158 valence electrons. The van der Waals surface area contributed by atoms with E-state index in [-0.39, 0.29) is 29.9 Å². The molecule has 1 aliphatic rings. The summed E-state index contributed by atoms with van der Waals surface area (Å²) in [6.07, 6.45) is 4.28. The lowest BCUT2D eigenvalue weighted by molar-refractivity contribution is -0.147. The van der Waals surface area contributed by atoms with E-state index in [1.165, 1.54) is 18.6 Å². The van der Waals surface area contributed by atoms with Crippen LogP contribution in [-0.4, -0.2) is 45.4 Å². The number of hydrogen-bond donors (Lipinski definition) is 2. The van der Waals surface area contributed by atoms with E-state index in [0.29, 0.717) is 12.1 Å². The summed E-state index contributed by atoms with van der Waals surface area (Å²) < 4.78 is 27.8. The van der Waals surface area contributed by atoms with Gasteiger partial charge in [0.15, 0.2) is 11.5 Å². The zero-order valence-corrected chi connectivity index (χ0v) is 18.3.